The number of aromatic nitrogens is 2. The van der Waals surface area contributed by atoms with Gasteiger partial charge >= 0.3 is 0 Å². The molecule has 0 spiro atoms. The average Bonchev–Trinajstić information content (AvgIpc) is 2.89. The summed E-state index contributed by atoms with van der Waals surface area (Å²) in [5.41, 5.74) is 0.926. The fourth-order valence-electron chi connectivity index (χ4n) is 2.63. The molecule has 0 saturated carbocycles. The van der Waals surface area contributed by atoms with E-state index in [0.717, 1.165) is 23.7 Å². The number of likely N-dealkylation sites (N-methyl/N-ethyl adjacent to an activating group) is 1. The fourth-order valence-corrected chi connectivity index (χ4v) is 2.89. The molecule has 2 unspecified atom stereocenters. The fraction of sp³-hybridized carbons (Fsp3) is 0.400. The van der Waals surface area contributed by atoms with Crippen molar-refractivity contribution in [1.29, 1.82) is 0 Å². The van der Waals surface area contributed by atoms with Crippen LogP contribution in [-0.2, 0) is 6.54 Å². The first-order valence-corrected chi connectivity index (χ1v) is 7.39. The quantitative estimate of drug-likeness (QED) is 0.943. The molecule has 2 heterocycles. The summed E-state index contributed by atoms with van der Waals surface area (Å²) in [5.74, 6) is 1.53. The lowest BCUT2D eigenvalue weighted by atomic mass is 10.1. The van der Waals surface area contributed by atoms with Crippen LogP contribution in [0.4, 0.5) is 0 Å². The number of benzene rings is 1. The maximum atomic E-state index is 6.30. The largest absolute Gasteiger partial charge is 0.486 e. The predicted molar refractivity (Wildman–Crippen MR) is 81.1 cm³/mol. The van der Waals surface area contributed by atoms with Gasteiger partial charge in [-0.05, 0) is 26.1 Å². The normalized spacial score (nSPS) is 18.5. The molecule has 2 atom stereocenters. The van der Waals surface area contributed by atoms with E-state index in [0.29, 0.717) is 11.6 Å². The lowest BCUT2D eigenvalue weighted by molar-refractivity contribution is 0.0614. The molecule has 1 aliphatic rings. The third-order valence-electron chi connectivity index (χ3n) is 3.64. The van der Waals surface area contributed by atoms with E-state index in [1.807, 2.05) is 42.9 Å². The van der Waals surface area contributed by atoms with E-state index in [2.05, 4.69) is 10.4 Å². The van der Waals surface area contributed by atoms with Crippen LogP contribution in [0.2, 0.25) is 5.02 Å². The van der Waals surface area contributed by atoms with E-state index < -0.39 is 0 Å². The highest BCUT2D eigenvalue weighted by atomic mass is 35.5. The summed E-state index contributed by atoms with van der Waals surface area (Å²) >= 11 is 6.30. The van der Waals surface area contributed by atoms with Crippen molar-refractivity contribution in [2.24, 2.45) is 0 Å². The Morgan fingerprint density at radius 3 is 2.90 bits per heavy atom. The number of nitrogens with one attached hydrogen (secondary N) is 1. The van der Waals surface area contributed by atoms with Gasteiger partial charge in [-0.1, -0.05) is 23.7 Å². The molecule has 1 N–H and O–H groups in total. The van der Waals surface area contributed by atoms with Crippen molar-refractivity contribution in [3.8, 4) is 11.5 Å². The Kier molecular flexibility index (Phi) is 4.03. The Bertz CT molecular complexity index is 629. The van der Waals surface area contributed by atoms with Gasteiger partial charge in [-0.15, -0.1) is 0 Å². The molecular formula is C15H18ClN3O2. The van der Waals surface area contributed by atoms with Crippen molar-refractivity contribution in [3.05, 3.63) is 41.2 Å². The highest BCUT2D eigenvalue weighted by Crippen LogP contribution is 2.35. The average molecular weight is 308 g/mol. The van der Waals surface area contributed by atoms with Gasteiger partial charge in [0.05, 0.1) is 23.0 Å². The standard InChI is InChI=1S/C15H18ClN3O2/c1-3-19-15(10(16)8-18-19)14(17-2)13-9-20-11-6-4-5-7-12(11)21-13/h4-8,13-14,17H,3,9H2,1-2H3. The van der Waals surface area contributed by atoms with Crippen molar-refractivity contribution in [1.82, 2.24) is 15.1 Å². The molecule has 1 aromatic heterocycles. The molecule has 0 saturated heterocycles. The Labute approximate surface area is 128 Å². The number of rotatable bonds is 4. The van der Waals surface area contributed by atoms with Crippen LogP contribution in [0.1, 0.15) is 18.7 Å². The summed E-state index contributed by atoms with van der Waals surface area (Å²) in [5, 5.41) is 8.20. The molecule has 2 aromatic rings. The summed E-state index contributed by atoms with van der Waals surface area (Å²) in [6, 6.07) is 7.59. The summed E-state index contributed by atoms with van der Waals surface area (Å²) in [6.07, 6.45) is 1.51. The van der Waals surface area contributed by atoms with Gasteiger partial charge in [-0.3, -0.25) is 4.68 Å². The van der Waals surface area contributed by atoms with Crippen molar-refractivity contribution < 1.29 is 9.47 Å². The van der Waals surface area contributed by atoms with Crippen LogP contribution in [-0.4, -0.2) is 29.5 Å². The van der Waals surface area contributed by atoms with E-state index in [1.165, 1.54) is 0 Å². The number of fused-ring (bicyclic) bond motifs is 1. The molecule has 112 valence electrons. The highest BCUT2D eigenvalue weighted by molar-refractivity contribution is 6.31. The van der Waals surface area contributed by atoms with Gasteiger partial charge in [0.2, 0.25) is 0 Å². The Balaban J connectivity index is 1.90. The van der Waals surface area contributed by atoms with E-state index in [1.54, 1.807) is 6.20 Å². The maximum Gasteiger partial charge on any atom is 0.161 e. The first kappa shape index (κ1) is 14.2. The lowest BCUT2D eigenvalue weighted by Gasteiger charge is -2.32. The van der Waals surface area contributed by atoms with Gasteiger partial charge in [0.1, 0.15) is 6.61 Å². The number of aryl methyl sites for hydroxylation is 1. The van der Waals surface area contributed by atoms with Crippen molar-refractivity contribution >= 4 is 11.6 Å². The van der Waals surface area contributed by atoms with Crippen molar-refractivity contribution in [2.45, 2.75) is 25.6 Å². The molecule has 5 nitrogen and oxygen atoms in total. The lowest BCUT2D eigenvalue weighted by Crippen LogP contribution is -2.41. The summed E-state index contributed by atoms with van der Waals surface area (Å²) in [7, 11) is 1.89. The Morgan fingerprint density at radius 2 is 2.19 bits per heavy atom. The number of nitrogens with zero attached hydrogens (tertiary/aromatic N) is 2. The molecule has 0 aliphatic carbocycles. The van der Waals surface area contributed by atoms with E-state index in [-0.39, 0.29) is 12.1 Å². The molecule has 21 heavy (non-hydrogen) atoms. The minimum absolute atomic E-state index is 0.0895. The number of halogens is 1. The number of hydrogen-bond acceptors (Lipinski definition) is 4. The van der Waals surface area contributed by atoms with Gasteiger partial charge in [0.25, 0.3) is 0 Å². The Morgan fingerprint density at radius 1 is 1.43 bits per heavy atom. The topological polar surface area (TPSA) is 48.3 Å². The molecule has 1 aliphatic heterocycles. The second-order valence-electron chi connectivity index (χ2n) is 4.87. The zero-order valence-corrected chi connectivity index (χ0v) is 12.8. The molecule has 0 bridgehead atoms. The minimum Gasteiger partial charge on any atom is -0.486 e. The summed E-state index contributed by atoms with van der Waals surface area (Å²) in [6.45, 7) is 3.26. The molecule has 0 radical (unpaired) electrons. The maximum absolute atomic E-state index is 6.30. The van der Waals surface area contributed by atoms with Crippen LogP contribution in [0.3, 0.4) is 0 Å². The first-order valence-electron chi connectivity index (χ1n) is 7.01. The van der Waals surface area contributed by atoms with Crippen LogP contribution >= 0.6 is 11.6 Å². The van der Waals surface area contributed by atoms with Crippen LogP contribution in [0, 0.1) is 0 Å². The zero-order valence-electron chi connectivity index (χ0n) is 12.0. The molecule has 0 fully saturated rings. The van der Waals surface area contributed by atoms with Crippen molar-refractivity contribution in [2.75, 3.05) is 13.7 Å². The number of ether oxygens (including phenoxy) is 2. The van der Waals surface area contributed by atoms with Crippen LogP contribution in [0.25, 0.3) is 0 Å². The highest BCUT2D eigenvalue weighted by Gasteiger charge is 2.32. The van der Waals surface area contributed by atoms with Crippen LogP contribution in [0.15, 0.2) is 30.5 Å². The molecular weight excluding hydrogens is 290 g/mol. The first-order chi connectivity index (χ1) is 10.2. The van der Waals surface area contributed by atoms with E-state index in [4.69, 9.17) is 21.1 Å². The minimum atomic E-state index is -0.163. The SMILES string of the molecule is CCn1ncc(Cl)c1C(NC)C1COc2ccccc2O1. The number of hydrogen-bond donors (Lipinski definition) is 1. The van der Waals surface area contributed by atoms with Crippen molar-refractivity contribution in [3.63, 3.8) is 0 Å². The molecule has 0 amide bonds. The van der Waals surface area contributed by atoms with E-state index >= 15 is 0 Å². The van der Waals surface area contributed by atoms with Gasteiger partial charge in [-0.25, -0.2) is 0 Å². The molecule has 3 rings (SSSR count). The van der Waals surface area contributed by atoms with Gasteiger partial charge in [0.15, 0.2) is 17.6 Å². The molecule has 1 aromatic carbocycles. The van der Waals surface area contributed by atoms with Gasteiger partial charge in [-0.2, -0.15) is 5.10 Å². The predicted octanol–water partition coefficient (Wildman–Crippen LogP) is 2.66. The Hall–Kier alpha value is -1.72. The third-order valence-corrected chi connectivity index (χ3v) is 3.93. The second-order valence-corrected chi connectivity index (χ2v) is 5.28. The van der Waals surface area contributed by atoms with Crippen LogP contribution in [0.5, 0.6) is 11.5 Å². The van der Waals surface area contributed by atoms with E-state index in [9.17, 15) is 0 Å². The summed E-state index contributed by atoms with van der Waals surface area (Å²) < 4.78 is 13.8. The summed E-state index contributed by atoms with van der Waals surface area (Å²) in [4.78, 5) is 0. The van der Waals surface area contributed by atoms with Gasteiger partial charge in [0, 0.05) is 6.54 Å². The number of para-hydroxylation sites is 2. The third kappa shape index (κ3) is 2.59. The smallest absolute Gasteiger partial charge is 0.161 e. The van der Waals surface area contributed by atoms with Gasteiger partial charge < -0.3 is 14.8 Å². The zero-order chi connectivity index (χ0) is 14.8. The molecule has 6 heteroatoms. The van der Waals surface area contributed by atoms with Crippen LogP contribution < -0.4 is 14.8 Å². The monoisotopic (exact) mass is 307 g/mol. The second kappa shape index (κ2) is 5.95.